The largest absolute Gasteiger partial charge is 0.497 e. The third kappa shape index (κ3) is 5.17. The molecule has 9 nitrogen and oxygen atoms in total. The first-order valence-corrected chi connectivity index (χ1v) is 11.2. The number of benzene rings is 2. The zero-order valence-electron chi connectivity index (χ0n) is 20.6. The molecule has 200 valence electrons. The lowest BCUT2D eigenvalue weighted by Gasteiger charge is -2.13. The van der Waals surface area contributed by atoms with Crippen LogP contribution in [0.1, 0.15) is 21.6 Å². The molecular weight excluding hydrogens is 522 g/mol. The summed E-state index contributed by atoms with van der Waals surface area (Å²) < 4.78 is 66.4. The first kappa shape index (κ1) is 26.9. The smallest absolute Gasteiger partial charge is 0.387 e. The number of methoxy groups -OCH3 is 1. The summed E-state index contributed by atoms with van der Waals surface area (Å²) in [4.78, 5) is 31.0. The normalized spacial score (nSPS) is 10.8. The molecule has 0 unspecified atom stereocenters. The number of nitriles is 1. The Hall–Kier alpha value is -5.12. The molecule has 0 spiro atoms. The zero-order valence-corrected chi connectivity index (χ0v) is 20.6. The number of anilines is 1. The fourth-order valence-electron chi connectivity index (χ4n) is 3.90. The SMILES string of the molecule is COc1cc(F)c(-c2c(NC(=O)c3ccc(OC(F)F)cc3)c(=O)n(-c3nc(C)ccc3C#N)n2C)c(F)c1. The number of rotatable bonds is 7. The third-order valence-corrected chi connectivity index (χ3v) is 5.67. The van der Waals surface area contributed by atoms with Crippen molar-refractivity contribution >= 4 is 11.6 Å². The molecule has 0 bridgehead atoms. The predicted octanol–water partition coefficient (Wildman–Crippen LogP) is 4.56. The molecule has 4 aromatic rings. The highest BCUT2D eigenvalue weighted by Gasteiger charge is 2.29. The van der Waals surface area contributed by atoms with Crippen molar-refractivity contribution in [3.8, 4) is 34.6 Å². The van der Waals surface area contributed by atoms with E-state index >= 15 is 8.78 Å². The maximum Gasteiger partial charge on any atom is 0.387 e. The number of ether oxygens (including phenoxy) is 2. The number of nitrogens with one attached hydrogen (secondary N) is 1. The standard InChI is InChI=1S/C26H19F4N5O4/c1-13-4-5-15(12-31)23(32-13)35-25(37)21(33-24(36)14-6-8-16(9-7-14)39-26(29)30)22(34(35)2)20-18(27)10-17(38-3)11-19(20)28/h4-11,26H,1-3H3,(H,33,36). The molecule has 0 aliphatic heterocycles. The van der Waals surface area contributed by atoms with Crippen molar-refractivity contribution in [1.29, 1.82) is 5.26 Å². The summed E-state index contributed by atoms with van der Waals surface area (Å²) in [5.74, 6) is -3.54. The number of amides is 1. The molecule has 39 heavy (non-hydrogen) atoms. The zero-order chi connectivity index (χ0) is 28.4. The number of hydrogen-bond donors (Lipinski definition) is 1. The predicted molar refractivity (Wildman–Crippen MR) is 131 cm³/mol. The molecule has 1 amide bonds. The number of halogens is 4. The van der Waals surface area contributed by atoms with Crippen molar-refractivity contribution in [3.63, 3.8) is 0 Å². The van der Waals surface area contributed by atoms with Crippen LogP contribution in [0.25, 0.3) is 17.1 Å². The molecule has 1 N–H and O–H groups in total. The number of aryl methyl sites for hydroxylation is 1. The molecule has 0 fully saturated rings. The van der Waals surface area contributed by atoms with Gasteiger partial charge in [0.2, 0.25) is 0 Å². The lowest BCUT2D eigenvalue weighted by Crippen LogP contribution is -2.24. The first-order chi connectivity index (χ1) is 18.5. The van der Waals surface area contributed by atoms with E-state index in [9.17, 15) is 23.6 Å². The topological polar surface area (TPSA) is 111 Å². The second-order valence-electron chi connectivity index (χ2n) is 8.12. The number of pyridine rings is 1. The second-order valence-corrected chi connectivity index (χ2v) is 8.12. The Morgan fingerprint density at radius 1 is 1.08 bits per heavy atom. The van der Waals surface area contributed by atoms with Gasteiger partial charge in [0.1, 0.15) is 40.6 Å². The lowest BCUT2D eigenvalue weighted by molar-refractivity contribution is -0.0498. The van der Waals surface area contributed by atoms with Gasteiger partial charge in [0, 0.05) is 30.4 Å². The molecule has 13 heteroatoms. The average Bonchev–Trinajstić information content (AvgIpc) is 3.12. The van der Waals surface area contributed by atoms with Gasteiger partial charge >= 0.3 is 6.61 Å². The van der Waals surface area contributed by atoms with Gasteiger partial charge in [0.15, 0.2) is 5.82 Å². The Kier molecular flexibility index (Phi) is 7.39. The minimum Gasteiger partial charge on any atom is -0.497 e. The van der Waals surface area contributed by atoms with Gasteiger partial charge in [-0.05, 0) is 43.3 Å². The van der Waals surface area contributed by atoms with Crippen LogP contribution in [0.5, 0.6) is 11.5 Å². The summed E-state index contributed by atoms with van der Waals surface area (Å²) in [6, 6.07) is 11.2. The Bertz CT molecular complexity index is 1650. The van der Waals surface area contributed by atoms with Crippen LogP contribution in [0.3, 0.4) is 0 Å². The van der Waals surface area contributed by atoms with Crippen LogP contribution in [0.4, 0.5) is 23.2 Å². The number of carbonyl (C=O) groups excluding carboxylic acids is 1. The minimum absolute atomic E-state index is 0.0157. The van der Waals surface area contributed by atoms with Crippen LogP contribution in [0, 0.1) is 29.9 Å². The summed E-state index contributed by atoms with van der Waals surface area (Å²) in [5.41, 5.74) is -2.13. The van der Waals surface area contributed by atoms with Crippen LogP contribution in [0.15, 0.2) is 53.3 Å². The van der Waals surface area contributed by atoms with E-state index in [0.717, 1.165) is 33.6 Å². The Morgan fingerprint density at radius 3 is 2.28 bits per heavy atom. The van der Waals surface area contributed by atoms with Gasteiger partial charge in [-0.1, -0.05) is 0 Å². The van der Waals surface area contributed by atoms with E-state index < -0.39 is 41.0 Å². The van der Waals surface area contributed by atoms with Crippen molar-refractivity contribution in [2.75, 3.05) is 12.4 Å². The molecule has 0 saturated carbocycles. The van der Waals surface area contributed by atoms with Crippen LogP contribution in [-0.4, -0.2) is 34.0 Å². The molecule has 4 rings (SSSR count). The van der Waals surface area contributed by atoms with Gasteiger partial charge in [-0.25, -0.2) is 13.8 Å². The fourth-order valence-corrected chi connectivity index (χ4v) is 3.90. The summed E-state index contributed by atoms with van der Waals surface area (Å²) in [7, 11) is 2.52. The summed E-state index contributed by atoms with van der Waals surface area (Å²) in [5, 5.41) is 11.9. The van der Waals surface area contributed by atoms with Crippen LogP contribution < -0.4 is 20.3 Å². The highest BCUT2D eigenvalue weighted by atomic mass is 19.3. The van der Waals surface area contributed by atoms with Gasteiger partial charge in [-0.15, -0.1) is 0 Å². The molecular formula is C26H19F4N5O4. The minimum atomic E-state index is -3.07. The van der Waals surface area contributed by atoms with Gasteiger partial charge in [0.25, 0.3) is 11.5 Å². The second kappa shape index (κ2) is 10.7. The van der Waals surface area contributed by atoms with E-state index in [1.807, 2.05) is 6.07 Å². The molecule has 2 aromatic heterocycles. The number of alkyl halides is 2. The van der Waals surface area contributed by atoms with Crippen molar-refractivity contribution in [2.45, 2.75) is 13.5 Å². The molecule has 0 saturated heterocycles. The summed E-state index contributed by atoms with van der Waals surface area (Å²) >= 11 is 0. The summed E-state index contributed by atoms with van der Waals surface area (Å²) in [6.45, 7) is -1.45. The fraction of sp³-hybridized carbons (Fsp3) is 0.154. The van der Waals surface area contributed by atoms with Crippen molar-refractivity contribution in [2.24, 2.45) is 7.05 Å². The van der Waals surface area contributed by atoms with Crippen LogP contribution in [-0.2, 0) is 7.05 Å². The number of nitrogens with zero attached hydrogens (tertiary/aromatic N) is 4. The van der Waals surface area contributed by atoms with Gasteiger partial charge in [0.05, 0.1) is 18.2 Å². The first-order valence-electron chi connectivity index (χ1n) is 11.2. The lowest BCUT2D eigenvalue weighted by atomic mass is 10.1. The van der Waals surface area contributed by atoms with Crippen molar-refractivity contribution in [1.82, 2.24) is 14.3 Å². The third-order valence-electron chi connectivity index (χ3n) is 5.67. The molecule has 0 radical (unpaired) electrons. The molecule has 0 aliphatic carbocycles. The maximum absolute atomic E-state index is 15.2. The Labute approximate surface area is 218 Å². The van der Waals surface area contributed by atoms with Gasteiger partial charge in [-0.3, -0.25) is 14.3 Å². The monoisotopic (exact) mass is 541 g/mol. The van der Waals surface area contributed by atoms with E-state index in [1.165, 1.54) is 32.4 Å². The van der Waals surface area contributed by atoms with E-state index in [0.29, 0.717) is 5.69 Å². The number of hydrogen-bond acceptors (Lipinski definition) is 6. The molecule has 2 aromatic carbocycles. The highest BCUT2D eigenvalue weighted by molar-refractivity contribution is 6.06. The van der Waals surface area contributed by atoms with E-state index in [1.54, 1.807) is 13.0 Å². The molecule has 2 heterocycles. The summed E-state index contributed by atoms with van der Waals surface area (Å²) in [6.07, 6.45) is 0. The van der Waals surface area contributed by atoms with E-state index in [2.05, 4.69) is 15.0 Å². The van der Waals surface area contributed by atoms with Gasteiger partial charge in [-0.2, -0.15) is 18.7 Å². The number of aromatic nitrogens is 3. The Morgan fingerprint density at radius 2 is 1.72 bits per heavy atom. The van der Waals surface area contributed by atoms with E-state index in [-0.39, 0.29) is 34.1 Å². The van der Waals surface area contributed by atoms with Crippen molar-refractivity contribution < 1.29 is 31.8 Å². The van der Waals surface area contributed by atoms with Crippen molar-refractivity contribution in [3.05, 3.63) is 87.3 Å². The van der Waals surface area contributed by atoms with E-state index in [4.69, 9.17) is 4.74 Å². The van der Waals surface area contributed by atoms with Gasteiger partial charge < -0.3 is 14.8 Å². The quantitative estimate of drug-likeness (QED) is 0.344. The maximum atomic E-state index is 15.2. The van der Waals surface area contributed by atoms with Crippen LogP contribution >= 0.6 is 0 Å². The Balaban J connectivity index is 1.93. The van der Waals surface area contributed by atoms with Crippen LogP contribution in [0.2, 0.25) is 0 Å². The highest BCUT2D eigenvalue weighted by Crippen LogP contribution is 2.34. The number of carbonyl (C=O) groups is 1. The average molecular weight is 541 g/mol. The molecule has 0 aliphatic rings. The molecule has 0 atom stereocenters.